The maximum atomic E-state index is 13.1. The van der Waals surface area contributed by atoms with Crippen LogP contribution in [0.5, 0.6) is 0 Å². The van der Waals surface area contributed by atoms with Crippen LogP contribution in [0.25, 0.3) is 10.9 Å². The fraction of sp³-hybridized carbons (Fsp3) is 0.316. The second-order valence-electron chi connectivity index (χ2n) is 6.45. The summed E-state index contributed by atoms with van der Waals surface area (Å²) < 4.78 is 0. The Balaban J connectivity index is 1.56. The van der Waals surface area contributed by atoms with E-state index in [1.807, 2.05) is 30.0 Å². The first-order chi connectivity index (χ1) is 12.1. The van der Waals surface area contributed by atoms with E-state index in [9.17, 15) is 4.79 Å². The fourth-order valence-corrected chi connectivity index (χ4v) is 3.55. The number of benzene rings is 1. The summed E-state index contributed by atoms with van der Waals surface area (Å²) in [6.07, 6.45) is 3.50. The number of hydrogen-bond acceptors (Lipinski definition) is 4. The van der Waals surface area contributed by atoms with Crippen molar-refractivity contribution < 1.29 is 4.79 Å². The van der Waals surface area contributed by atoms with Gasteiger partial charge in [-0.05, 0) is 31.5 Å². The summed E-state index contributed by atoms with van der Waals surface area (Å²) >= 11 is 0. The van der Waals surface area contributed by atoms with Gasteiger partial charge in [0.15, 0.2) is 0 Å². The highest BCUT2D eigenvalue weighted by Crippen LogP contribution is 2.27. The lowest BCUT2D eigenvalue weighted by Gasteiger charge is -2.34. The van der Waals surface area contributed by atoms with Gasteiger partial charge in [0.05, 0.1) is 5.56 Å². The molecule has 0 spiro atoms. The second kappa shape index (κ2) is 6.20. The normalized spacial score (nSPS) is 15.0. The van der Waals surface area contributed by atoms with Crippen LogP contribution in [-0.2, 0) is 0 Å². The third-order valence-corrected chi connectivity index (χ3v) is 4.84. The van der Waals surface area contributed by atoms with Crippen LogP contribution in [0.2, 0.25) is 0 Å². The van der Waals surface area contributed by atoms with Crippen molar-refractivity contribution in [2.24, 2.45) is 0 Å². The Labute approximate surface area is 146 Å². The summed E-state index contributed by atoms with van der Waals surface area (Å²) in [5.74, 6) is 0.834. The molecule has 1 aliphatic heterocycles. The van der Waals surface area contributed by atoms with E-state index < -0.39 is 0 Å². The number of piperazine rings is 1. The molecule has 1 aromatic carbocycles. The largest absolute Gasteiger partial charge is 0.358 e. The summed E-state index contributed by atoms with van der Waals surface area (Å²) in [4.78, 5) is 29.1. The minimum atomic E-state index is 0.103. The molecule has 0 aliphatic carbocycles. The van der Waals surface area contributed by atoms with Crippen molar-refractivity contribution in [3.8, 4) is 0 Å². The Kier molecular flexibility index (Phi) is 3.87. The predicted molar refractivity (Wildman–Crippen MR) is 97.9 cm³/mol. The van der Waals surface area contributed by atoms with Crippen LogP contribution in [-0.4, -0.2) is 51.9 Å². The lowest BCUT2D eigenvalue weighted by molar-refractivity contribution is 0.0747. The third kappa shape index (κ3) is 2.73. The molecule has 3 aromatic rings. The van der Waals surface area contributed by atoms with Gasteiger partial charge in [-0.2, -0.15) is 0 Å². The summed E-state index contributed by atoms with van der Waals surface area (Å²) in [6.45, 7) is 6.87. The fourth-order valence-electron chi connectivity index (χ4n) is 3.55. The first kappa shape index (κ1) is 15.6. The van der Waals surface area contributed by atoms with Gasteiger partial charge in [0.25, 0.3) is 5.91 Å². The van der Waals surface area contributed by atoms with E-state index in [1.54, 1.807) is 12.4 Å². The SMILES string of the molecule is Cc1[nH]c2cccc(C)c2c1C(=O)N1CCN(c2ncccn2)CC1. The molecule has 0 radical (unpaired) electrons. The van der Waals surface area contributed by atoms with Gasteiger partial charge in [-0.3, -0.25) is 4.79 Å². The van der Waals surface area contributed by atoms with Crippen LogP contribution in [0.15, 0.2) is 36.7 Å². The molecule has 6 heteroatoms. The maximum Gasteiger partial charge on any atom is 0.256 e. The van der Waals surface area contributed by atoms with Crippen molar-refractivity contribution in [1.82, 2.24) is 19.9 Å². The van der Waals surface area contributed by atoms with Gasteiger partial charge in [-0.1, -0.05) is 12.1 Å². The zero-order valence-corrected chi connectivity index (χ0v) is 14.5. The van der Waals surface area contributed by atoms with E-state index >= 15 is 0 Å². The average Bonchev–Trinajstić information content (AvgIpc) is 2.99. The zero-order chi connectivity index (χ0) is 17.4. The van der Waals surface area contributed by atoms with Crippen molar-refractivity contribution in [2.45, 2.75) is 13.8 Å². The summed E-state index contributed by atoms with van der Waals surface area (Å²) in [6, 6.07) is 7.90. The van der Waals surface area contributed by atoms with Crippen LogP contribution in [0, 0.1) is 13.8 Å². The van der Waals surface area contributed by atoms with Crippen LogP contribution >= 0.6 is 0 Å². The second-order valence-corrected chi connectivity index (χ2v) is 6.45. The van der Waals surface area contributed by atoms with E-state index in [2.05, 4.69) is 32.8 Å². The Bertz CT molecular complexity index is 910. The van der Waals surface area contributed by atoms with Gasteiger partial charge in [0.1, 0.15) is 0 Å². The number of H-pyrrole nitrogens is 1. The number of nitrogens with zero attached hydrogens (tertiary/aromatic N) is 4. The molecule has 128 valence electrons. The predicted octanol–water partition coefficient (Wildman–Crippen LogP) is 2.54. The molecule has 0 saturated carbocycles. The van der Waals surface area contributed by atoms with Crippen LogP contribution < -0.4 is 4.90 Å². The monoisotopic (exact) mass is 335 g/mol. The molecular formula is C19H21N5O. The first-order valence-electron chi connectivity index (χ1n) is 8.54. The van der Waals surface area contributed by atoms with Crippen LogP contribution in [0.1, 0.15) is 21.6 Å². The van der Waals surface area contributed by atoms with E-state index in [0.29, 0.717) is 13.1 Å². The minimum absolute atomic E-state index is 0.103. The highest BCUT2D eigenvalue weighted by atomic mass is 16.2. The number of aromatic amines is 1. The molecule has 1 fully saturated rings. The van der Waals surface area contributed by atoms with E-state index in [1.165, 1.54) is 0 Å². The molecule has 25 heavy (non-hydrogen) atoms. The van der Waals surface area contributed by atoms with Gasteiger partial charge in [0.2, 0.25) is 5.95 Å². The smallest absolute Gasteiger partial charge is 0.256 e. The Hall–Kier alpha value is -2.89. The molecular weight excluding hydrogens is 314 g/mol. The first-order valence-corrected chi connectivity index (χ1v) is 8.54. The minimum Gasteiger partial charge on any atom is -0.358 e. The van der Waals surface area contributed by atoms with Gasteiger partial charge < -0.3 is 14.8 Å². The lowest BCUT2D eigenvalue weighted by atomic mass is 10.0. The molecule has 1 amide bonds. The number of carbonyl (C=O) groups excluding carboxylic acids is 1. The van der Waals surface area contributed by atoms with Crippen molar-refractivity contribution in [2.75, 3.05) is 31.1 Å². The zero-order valence-electron chi connectivity index (χ0n) is 14.5. The van der Waals surface area contributed by atoms with Crippen molar-refractivity contribution in [3.05, 3.63) is 53.5 Å². The molecule has 1 saturated heterocycles. The molecule has 1 aliphatic rings. The molecule has 4 rings (SSSR count). The Morgan fingerprint density at radius 3 is 2.48 bits per heavy atom. The quantitative estimate of drug-likeness (QED) is 0.782. The summed E-state index contributed by atoms with van der Waals surface area (Å²) in [7, 11) is 0. The van der Waals surface area contributed by atoms with E-state index in [-0.39, 0.29) is 5.91 Å². The number of amides is 1. The van der Waals surface area contributed by atoms with Gasteiger partial charge in [0, 0.05) is 55.2 Å². The maximum absolute atomic E-state index is 13.1. The summed E-state index contributed by atoms with van der Waals surface area (Å²) in [5, 5.41) is 1.04. The van der Waals surface area contributed by atoms with Crippen LogP contribution in [0.4, 0.5) is 5.95 Å². The van der Waals surface area contributed by atoms with Gasteiger partial charge in [-0.15, -0.1) is 0 Å². The van der Waals surface area contributed by atoms with Crippen molar-refractivity contribution in [1.29, 1.82) is 0 Å². The molecule has 0 bridgehead atoms. The Morgan fingerprint density at radius 2 is 1.76 bits per heavy atom. The van der Waals surface area contributed by atoms with Crippen molar-refractivity contribution in [3.63, 3.8) is 0 Å². The number of aryl methyl sites for hydroxylation is 2. The number of hydrogen-bond donors (Lipinski definition) is 1. The third-order valence-electron chi connectivity index (χ3n) is 4.84. The molecule has 1 N–H and O–H groups in total. The molecule has 3 heterocycles. The number of nitrogens with one attached hydrogen (secondary N) is 1. The number of carbonyl (C=O) groups is 1. The highest BCUT2D eigenvalue weighted by molar-refractivity contribution is 6.09. The van der Waals surface area contributed by atoms with Gasteiger partial charge in [-0.25, -0.2) is 9.97 Å². The van der Waals surface area contributed by atoms with E-state index in [4.69, 9.17) is 0 Å². The molecule has 6 nitrogen and oxygen atoms in total. The van der Waals surface area contributed by atoms with Gasteiger partial charge >= 0.3 is 0 Å². The number of aromatic nitrogens is 3. The average molecular weight is 335 g/mol. The number of rotatable bonds is 2. The van der Waals surface area contributed by atoms with Crippen LogP contribution in [0.3, 0.4) is 0 Å². The molecule has 2 aromatic heterocycles. The van der Waals surface area contributed by atoms with E-state index in [0.717, 1.165) is 46.8 Å². The topological polar surface area (TPSA) is 65.1 Å². The Morgan fingerprint density at radius 1 is 1.04 bits per heavy atom. The number of fused-ring (bicyclic) bond motifs is 1. The standard InChI is InChI=1S/C19H21N5O/c1-13-5-3-6-15-16(13)17(14(2)22-15)18(25)23-9-11-24(12-10-23)19-20-7-4-8-21-19/h3-8,22H,9-12H2,1-2H3. The molecule has 0 unspecified atom stereocenters. The highest BCUT2D eigenvalue weighted by Gasteiger charge is 2.26. The number of anilines is 1. The lowest BCUT2D eigenvalue weighted by Crippen LogP contribution is -2.49. The summed E-state index contributed by atoms with van der Waals surface area (Å²) in [5.41, 5.74) is 3.89. The molecule has 0 atom stereocenters. The van der Waals surface area contributed by atoms with Crippen molar-refractivity contribution >= 4 is 22.8 Å².